The number of amidine groups is 1. The maximum Gasteiger partial charge on any atom is 0.133 e. The molecule has 3 nitrogen and oxygen atoms in total. The van der Waals surface area contributed by atoms with E-state index >= 15 is 0 Å². The van der Waals surface area contributed by atoms with Crippen LogP contribution in [0.5, 0.6) is 0 Å². The topological polar surface area (TPSA) is 36.4 Å². The van der Waals surface area contributed by atoms with Crippen LogP contribution in [-0.4, -0.2) is 19.9 Å². The van der Waals surface area contributed by atoms with Crippen LogP contribution in [0.4, 0.5) is 5.69 Å². The van der Waals surface area contributed by atoms with Crippen molar-refractivity contribution < 1.29 is 0 Å². The van der Waals surface area contributed by atoms with Crippen molar-refractivity contribution in [1.29, 1.82) is 0 Å². The average Bonchev–Trinajstić information content (AvgIpc) is 2.67. The van der Waals surface area contributed by atoms with Crippen molar-refractivity contribution in [2.75, 3.05) is 14.1 Å². The van der Waals surface area contributed by atoms with Gasteiger partial charge in [-0.15, -0.1) is 0 Å². The maximum atomic E-state index is 5.01. The molecule has 0 fully saturated rings. The van der Waals surface area contributed by atoms with Gasteiger partial charge in [-0.3, -0.25) is 0 Å². The molecule has 2 aromatic rings. The molecule has 0 heterocycles. The van der Waals surface area contributed by atoms with E-state index in [0.29, 0.717) is 0 Å². The summed E-state index contributed by atoms with van der Waals surface area (Å²) >= 11 is 0. The van der Waals surface area contributed by atoms with E-state index in [-0.39, 0.29) is 0 Å². The molecule has 0 radical (unpaired) electrons. The third kappa shape index (κ3) is 4.67. The lowest BCUT2D eigenvalue weighted by Gasteiger charge is -2.15. The van der Waals surface area contributed by atoms with Crippen molar-refractivity contribution in [3.8, 4) is 0 Å². The summed E-state index contributed by atoms with van der Waals surface area (Å²) in [6.07, 6.45) is 3.90. The molecule has 0 spiro atoms. The molecular formula is C24H33N3. The fraction of sp³-hybridized carbons (Fsp3) is 0.375. The largest absolute Gasteiger partial charge is 0.373 e. The van der Waals surface area contributed by atoms with E-state index in [0.717, 1.165) is 42.0 Å². The molecule has 144 valence electrons. The molecule has 0 aliphatic rings. The standard InChI is InChI=1S/C24H33N3/c1-8-18-13-19(9-2)21(10-3)23(14-18)27-24(26-7)20-11-16(4)22(15-25-6)17(5)12-20/h10-14,25H,3,8-9,15H2,1-2,4-7H3,(H,26,27). The molecule has 0 unspecified atom stereocenters. The SMILES string of the molecule is C=Cc1c(CC)cc(CC)cc1/N=C(\NC)c1cc(C)c(CNC)c(C)c1. The number of aliphatic imine (C=N–C) groups is 1. The van der Waals surface area contributed by atoms with E-state index in [4.69, 9.17) is 4.99 Å². The van der Waals surface area contributed by atoms with Gasteiger partial charge >= 0.3 is 0 Å². The number of nitrogens with zero attached hydrogens (tertiary/aromatic N) is 1. The van der Waals surface area contributed by atoms with Crippen LogP contribution >= 0.6 is 0 Å². The van der Waals surface area contributed by atoms with E-state index in [2.05, 4.69) is 69.2 Å². The predicted octanol–water partition coefficient (Wildman–Crippen LogP) is 5.09. The molecule has 0 saturated heterocycles. The highest BCUT2D eigenvalue weighted by Crippen LogP contribution is 2.28. The summed E-state index contributed by atoms with van der Waals surface area (Å²) in [6.45, 7) is 13.6. The molecule has 0 amide bonds. The van der Waals surface area contributed by atoms with Gasteiger partial charge in [-0.25, -0.2) is 4.99 Å². The smallest absolute Gasteiger partial charge is 0.133 e. The van der Waals surface area contributed by atoms with Crippen molar-refractivity contribution in [2.24, 2.45) is 4.99 Å². The highest BCUT2D eigenvalue weighted by Gasteiger charge is 2.11. The molecule has 0 atom stereocenters. The first-order chi connectivity index (χ1) is 13.0. The maximum absolute atomic E-state index is 5.01. The van der Waals surface area contributed by atoms with Crippen LogP contribution in [0.3, 0.4) is 0 Å². The summed E-state index contributed by atoms with van der Waals surface area (Å²) in [4.78, 5) is 5.01. The van der Waals surface area contributed by atoms with Gasteiger partial charge in [-0.05, 0) is 79.8 Å². The summed E-state index contributed by atoms with van der Waals surface area (Å²) in [7, 11) is 3.92. The molecule has 3 heteroatoms. The van der Waals surface area contributed by atoms with E-state index in [1.165, 1.54) is 27.8 Å². The first-order valence-electron chi connectivity index (χ1n) is 9.78. The van der Waals surface area contributed by atoms with Crippen LogP contribution in [0.1, 0.15) is 52.8 Å². The zero-order valence-electron chi connectivity index (χ0n) is 17.7. The van der Waals surface area contributed by atoms with Crippen LogP contribution in [0, 0.1) is 13.8 Å². The minimum atomic E-state index is 0.878. The van der Waals surface area contributed by atoms with E-state index in [1.807, 2.05) is 20.2 Å². The van der Waals surface area contributed by atoms with Gasteiger partial charge in [0.25, 0.3) is 0 Å². The zero-order chi connectivity index (χ0) is 20.0. The summed E-state index contributed by atoms with van der Waals surface area (Å²) in [6, 6.07) is 8.89. The van der Waals surface area contributed by atoms with Gasteiger partial charge in [-0.2, -0.15) is 0 Å². The predicted molar refractivity (Wildman–Crippen MR) is 119 cm³/mol. The second-order valence-electron chi connectivity index (χ2n) is 6.93. The Labute approximate surface area is 164 Å². The summed E-state index contributed by atoms with van der Waals surface area (Å²) < 4.78 is 0. The Morgan fingerprint density at radius 1 is 1.04 bits per heavy atom. The third-order valence-electron chi connectivity index (χ3n) is 5.09. The Kier molecular flexibility index (Phi) is 7.37. The lowest BCUT2D eigenvalue weighted by atomic mass is 9.97. The molecule has 0 bridgehead atoms. The zero-order valence-corrected chi connectivity index (χ0v) is 17.7. The van der Waals surface area contributed by atoms with Gasteiger partial charge in [0.2, 0.25) is 0 Å². The highest BCUT2D eigenvalue weighted by molar-refractivity contribution is 6.01. The van der Waals surface area contributed by atoms with Crippen molar-refractivity contribution in [2.45, 2.75) is 47.1 Å². The molecule has 0 aliphatic heterocycles. The van der Waals surface area contributed by atoms with Crippen LogP contribution in [-0.2, 0) is 19.4 Å². The number of rotatable bonds is 7. The summed E-state index contributed by atoms with van der Waals surface area (Å²) in [5, 5.41) is 6.55. The van der Waals surface area contributed by atoms with Crippen molar-refractivity contribution in [3.63, 3.8) is 0 Å². The van der Waals surface area contributed by atoms with Gasteiger partial charge in [0, 0.05) is 24.7 Å². The Balaban J connectivity index is 2.61. The Morgan fingerprint density at radius 3 is 2.19 bits per heavy atom. The third-order valence-corrected chi connectivity index (χ3v) is 5.09. The number of aryl methyl sites for hydroxylation is 4. The van der Waals surface area contributed by atoms with E-state index in [1.54, 1.807) is 0 Å². The lowest BCUT2D eigenvalue weighted by molar-refractivity contribution is 0.806. The molecule has 2 aromatic carbocycles. The van der Waals surface area contributed by atoms with Crippen LogP contribution in [0.15, 0.2) is 35.8 Å². The second kappa shape index (κ2) is 9.52. The van der Waals surface area contributed by atoms with Gasteiger partial charge < -0.3 is 10.6 Å². The normalized spacial score (nSPS) is 11.6. The number of nitrogens with one attached hydrogen (secondary N) is 2. The monoisotopic (exact) mass is 363 g/mol. The molecule has 0 saturated carbocycles. The molecular weight excluding hydrogens is 330 g/mol. The Morgan fingerprint density at radius 2 is 1.70 bits per heavy atom. The van der Waals surface area contributed by atoms with Crippen LogP contribution in [0.2, 0.25) is 0 Å². The first kappa shape index (κ1) is 20.9. The highest BCUT2D eigenvalue weighted by atomic mass is 15.0. The minimum absolute atomic E-state index is 0.878. The Hall–Kier alpha value is -2.39. The fourth-order valence-electron chi connectivity index (χ4n) is 3.56. The van der Waals surface area contributed by atoms with Gasteiger partial charge in [0.1, 0.15) is 5.84 Å². The van der Waals surface area contributed by atoms with Crippen molar-refractivity contribution in [1.82, 2.24) is 10.6 Å². The van der Waals surface area contributed by atoms with E-state index < -0.39 is 0 Å². The van der Waals surface area contributed by atoms with Gasteiger partial charge in [0.05, 0.1) is 5.69 Å². The number of hydrogen-bond donors (Lipinski definition) is 2. The molecule has 2 rings (SSSR count). The Bertz CT molecular complexity index is 824. The second-order valence-corrected chi connectivity index (χ2v) is 6.93. The quantitative estimate of drug-likeness (QED) is 0.531. The minimum Gasteiger partial charge on any atom is -0.373 e. The number of benzene rings is 2. The summed E-state index contributed by atoms with van der Waals surface area (Å²) in [5.74, 6) is 0.885. The average molecular weight is 364 g/mol. The fourth-order valence-corrected chi connectivity index (χ4v) is 3.56. The molecule has 0 aromatic heterocycles. The van der Waals surface area contributed by atoms with Gasteiger partial charge in [-0.1, -0.05) is 32.6 Å². The van der Waals surface area contributed by atoms with Crippen LogP contribution in [0.25, 0.3) is 6.08 Å². The van der Waals surface area contributed by atoms with Crippen molar-refractivity contribution >= 4 is 17.6 Å². The van der Waals surface area contributed by atoms with E-state index in [9.17, 15) is 0 Å². The van der Waals surface area contributed by atoms with Gasteiger partial charge in [0.15, 0.2) is 0 Å². The lowest BCUT2D eigenvalue weighted by Crippen LogP contribution is -2.20. The van der Waals surface area contributed by atoms with Crippen molar-refractivity contribution in [3.05, 3.63) is 69.8 Å². The number of hydrogen-bond acceptors (Lipinski definition) is 2. The summed E-state index contributed by atoms with van der Waals surface area (Å²) in [5.41, 5.74) is 9.75. The van der Waals surface area contributed by atoms with Crippen LogP contribution < -0.4 is 10.6 Å². The molecule has 0 aliphatic carbocycles. The molecule has 27 heavy (non-hydrogen) atoms. The first-order valence-corrected chi connectivity index (χ1v) is 9.78. The molecule has 2 N–H and O–H groups in total.